The Bertz CT molecular complexity index is 597. The minimum Gasteiger partial charge on any atom is -0.395 e. The first-order valence-electron chi connectivity index (χ1n) is 5.61. The maximum atomic E-state index is 8.79. The maximum absolute atomic E-state index is 8.79. The number of aliphatic hydroxyl groups is 1. The van der Waals surface area contributed by atoms with E-state index in [0.29, 0.717) is 13.1 Å². The van der Waals surface area contributed by atoms with Gasteiger partial charge in [0.1, 0.15) is 0 Å². The van der Waals surface area contributed by atoms with Crippen LogP contribution >= 0.6 is 15.9 Å². The lowest BCUT2D eigenvalue weighted by Gasteiger charge is -2.09. The normalized spacial score (nSPS) is 10.7. The van der Waals surface area contributed by atoms with E-state index in [4.69, 9.17) is 5.11 Å². The molecule has 0 saturated carbocycles. The SMILES string of the molecule is CN(CC#Cc1c[nH]c2cncc(Br)c12)CCO. The highest BCUT2D eigenvalue weighted by molar-refractivity contribution is 9.10. The highest BCUT2D eigenvalue weighted by Gasteiger charge is 2.05. The molecule has 0 aliphatic rings. The molecular weight excluding hydrogens is 294 g/mol. The van der Waals surface area contributed by atoms with Crippen LogP contribution in [0.25, 0.3) is 10.9 Å². The molecule has 2 N–H and O–H groups in total. The van der Waals surface area contributed by atoms with Crippen molar-refractivity contribution in [2.24, 2.45) is 0 Å². The van der Waals surface area contributed by atoms with E-state index in [1.807, 2.05) is 18.1 Å². The first kappa shape index (κ1) is 13.1. The van der Waals surface area contributed by atoms with Crippen molar-refractivity contribution in [3.05, 3.63) is 28.6 Å². The maximum Gasteiger partial charge on any atom is 0.0664 e. The van der Waals surface area contributed by atoms with Gasteiger partial charge in [0.25, 0.3) is 0 Å². The minimum atomic E-state index is 0.155. The molecule has 18 heavy (non-hydrogen) atoms. The van der Waals surface area contributed by atoms with E-state index in [-0.39, 0.29) is 6.61 Å². The standard InChI is InChI=1S/C13H14BrN3O/c1-17(5-6-18)4-2-3-10-7-16-12-9-15-8-11(14)13(10)12/h7-9,16,18H,4-6H2,1H3. The van der Waals surface area contributed by atoms with Crippen molar-refractivity contribution < 1.29 is 5.11 Å². The second-order valence-corrected chi connectivity index (χ2v) is 4.86. The van der Waals surface area contributed by atoms with E-state index in [0.717, 1.165) is 20.9 Å². The number of H-pyrrole nitrogens is 1. The van der Waals surface area contributed by atoms with Crippen LogP contribution in [0.3, 0.4) is 0 Å². The fourth-order valence-corrected chi connectivity index (χ4v) is 2.20. The van der Waals surface area contributed by atoms with Gasteiger partial charge in [0.2, 0.25) is 0 Å². The van der Waals surface area contributed by atoms with Crippen LogP contribution in [0.5, 0.6) is 0 Å². The summed E-state index contributed by atoms with van der Waals surface area (Å²) in [6.07, 6.45) is 5.43. The number of aliphatic hydroxyl groups excluding tert-OH is 1. The van der Waals surface area contributed by atoms with Crippen LogP contribution < -0.4 is 0 Å². The number of pyridine rings is 1. The lowest BCUT2D eigenvalue weighted by molar-refractivity contribution is 0.234. The third-order valence-electron chi connectivity index (χ3n) is 2.59. The van der Waals surface area contributed by atoms with Crippen LogP contribution in [0.4, 0.5) is 0 Å². The van der Waals surface area contributed by atoms with Gasteiger partial charge >= 0.3 is 0 Å². The van der Waals surface area contributed by atoms with E-state index < -0.39 is 0 Å². The predicted octanol–water partition coefficient (Wildman–Crippen LogP) is 1.60. The van der Waals surface area contributed by atoms with Gasteiger partial charge in [-0.1, -0.05) is 11.8 Å². The molecule has 0 saturated heterocycles. The lowest BCUT2D eigenvalue weighted by atomic mass is 10.2. The fourth-order valence-electron chi connectivity index (χ4n) is 1.66. The number of likely N-dealkylation sites (N-methyl/N-ethyl adjacent to an activating group) is 1. The van der Waals surface area contributed by atoms with Crippen molar-refractivity contribution in [1.82, 2.24) is 14.9 Å². The number of aromatic amines is 1. The zero-order valence-corrected chi connectivity index (χ0v) is 11.7. The van der Waals surface area contributed by atoms with Crippen molar-refractivity contribution in [3.63, 3.8) is 0 Å². The van der Waals surface area contributed by atoms with E-state index in [1.165, 1.54) is 0 Å². The second-order valence-electron chi connectivity index (χ2n) is 4.01. The largest absolute Gasteiger partial charge is 0.395 e. The Labute approximate surface area is 114 Å². The van der Waals surface area contributed by atoms with Crippen molar-refractivity contribution >= 4 is 26.8 Å². The highest BCUT2D eigenvalue weighted by atomic mass is 79.9. The quantitative estimate of drug-likeness (QED) is 0.847. The van der Waals surface area contributed by atoms with Gasteiger partial charge < -0.3 is 10.1 Å². The molecule has 0 unspecified atom stereocenters. The minimum absolute atomic E-state index is 0.155. The number of rotatable bonds is 3. The summed E-state index contributed by atoms with van der Waals surface area (Å²) in [6, 6.07) is 0. The van der Waals surface area contributed by atoms with Gasteiger partial charge in [-0.25, -0.2) is 0 Å². The average molecular weight is 308 g/mol. The molecule has 0 amide bonds. The molecule has 5 heteroatoms. The van der Waals surface area contributed by atoms with E-state index in [9.17, 15) is 0 Å². The van der Waals surface area contributed by atoms with Crippen LogP contribution in [0.2, 0.25) is 0 Å². The number of nitrogens with zero attached hydrogens (tertiary/aromatic N) is 2. The summed E-state index contributed by atoms with van der Waals surface area (Å²) in [5.74, 6) is 6.23. The first-order chi connectivity index (χ1) is 8.72. The molecule has 2 aromatic heterocycles. The molecule has 0 bridgehead atoms. The van der Waals surface area contributed by atoms with Gasteiger partial charge in [-0.15, -0.1) is 0 Å². The van der Waals surface area contributed by atoms with Crippen LogP contribution in [-0.2, 0) is 0 Å². The highest BCUT2D eigenvalue weighted by Crippen LogP contribution is 2.24. The second kappa shape index (κ2) is 6.01. The molecular formula is C13H14BrN3O. The number of nitrogens with one attached hydrogen (secondary N) is 1. The van der Waals surface area contributed by atoms with Gasteiger partial charge in [-0.2, -0.15) is 0 Å². The van der Waals surface area contributed by atoms with Crippen LogP contribution in [0, 0.1) is 11.8 Å². The molecule has 2 heterocycles. The summed E-state index contributed by atoms with van der Waals surface area (Å²) in [4.78, 5) is 9.21. The number of halogens is 1. The third kappa shape index (κ3) is 2.91. The summed E-state index contributed by atoms with van der Waals surface area (Å²) >= 11 is 3.48. The average Bonchev–Trinajstić information content (AvgIpc) is 2.74. The monoisotopic (exact) mass is 307 g/mol. The fraction of sp³-hybridized carbons (Fsp3) is 0.308. The van der Waals surface area contributed by atoms with Crippen LogP contribution in [0.1, 0.15) is 5.56 Å². The Morgan fingerprint density at radius 1 is 1.50 bits per heavy atom. The first-order valence-corrected chi connectivity index (χ1v) is 6.40. The molecule has 0 aliphatic heterocycles. The Hall–Kier alpha value is -1.35. The van der Waals surface area contributed by atoms with Gasteiger partial charge in [0.05, 0.1) is 30.4 Å². The molecule has 0 spiro atoms. The van der Waals surface area contributed by atoms with Gasteiger partial charge in [0, 0.05) is 28.8 Å². The topological polar surface area (TPSA) is 52.2 Å². The van der Waals surface area contributed by atoms with Crippen LogP contribution in [-0.4, -0.2) is 46.7 Å². The molecule has 0 aliphatic carbocycles. The van der Waals surface area contributed by atoms with E-state index in [2.05, 4.69) is 37.7 Å². The lowest BCUT2D eigenvalue weighted by Crippen LogP contribution is -2.22. The zero-order valence-electron chi connectivity index (χ0n) is 10.1. The summed E-state index contributed by atoms with van der Waals surface area (Å²) < 4.78 is 0.939. The van der Waals surface area contributed by atoms with Gasteiger partial charge in [-0.3, -0.25) is 9.88 Å². The summed E-state index contributed by atoms with van der Waals surface area (Å²) in [5.41, 5.74) is 1.93. The molecule has 4 nitrogen and oxygen atoms in total. The number of hydrogen-bond donors (Lipinski definition) is 2. The molecule has 0 aromatic carbocycles. The van der Waals surface area contributed by atoms with Gasteiger partial charge in [-0.05, 0) is 23.0 Å². The van der Waals surface area contributed by atoms with Crippen LogP contribution in [0.15, 0.2) is 23.1 Å². The molecule has 0 atom stereocenters. The Morgan fingerprint density at radius 3 is 3.11 bits per heavy atom. The van der Waals surface area contributed by atoms with Crippen molar-refractivity contribution in [1.29, 1.82) is 0 Å². The number of aromatic nitrogens is 2. The Kier molecular flexibility index (Phi) is 4.37. The van der Waals surface area contributed by atoms with E-state index >= 15 is 0 Å². The van der Waals surface area contributed by atoms with E-state index in [1.54, 1.807) is 12.4 Å². The smallest absolute Gasteiger partial charge is 0.0664 e. The van der Waals surface area contributed by atoms with Crippen molar-refractivity contribution in [2.45, 2.75) is 0 Å². The number of hydrogen-bond acceptors (Lipinski definition) is 3. The number of fused-ring (bicyclic) bond motifs is 1. The molecule has 2 aromatic rings. The van der Waals surface area contributed by atoms with Gasteiger partial charge in [0.15, 0.2) is 0 Å². The summed E-state index contributed by atoms with van der Waals surface area (Å²) in [7, 11) is 1.93. The third-order valence-corrected chi connectivity index (χ3v) is 3.20. The summed E-state index contributed by atoms with van der Waals surface area (Å²) in [5, 5.41) is 9.85. The molecule has 2 rings (SSSR count). The molecule has 0 radical (unpaired) electrons. The summed E-state index contributed by atoms with van der Waals surface area (Å²) in [6.45, 7) is 1.43. The zero-order chi connectivity index (χ0) is 13.0. The Balaban J connectivity index is 2.20. The van der Waals surface area contributed by atoms with Crippen molar-refractivity contribution in [2.75, 3.05) is 26.7 Å². The molecule has 94 valence electrons. The molecule has 0 fully saturated rings. The Morgan fingerprint density at radius 2 is 2.33 bits per heavy atom. The predicted molar refractivity (Wildman–Crippen MR) is 75.3 cm³/mol. The van der Waals surface area contributed by atoms with Crippen molar-refractivity contribution in [3.8, 4) is 11.8 Å².